The van der Waals surface area contributed by atoms with Gasteiger partial charge in [-0.2, -0.15) is 0 Å². The van der Waals surface area contributed by atoms with Crippen LogP contribution in [-0.4, -0.2) is 4.57 Å². The first kappa shape index (κ1) is 29.1. The zero-order chi connectivity index (χ0) is 34.2. The molecule has 0 atom stereocenters. The third kappa shape index (κ3) is 4.51. The van der Waals surface area contributed by atoms with E-state index in [0.29, 0.717) is 0 Å². The number of aromatic nitrogens is 1. The summed E-state index contributed by atoms with van der Waals surface area (Å²) in [5.74, 6) is 0. The fourth-order valence-corrected chi connectivity index (χ4v) is 9.11. The molecule has 0 saturated heterocycles. The highest BCUT2D eigenvalue weighted by molar-refractivity contribution is 7.25. The summed E-state index contributed by atoms with van der Waals surface area (Å²) in [7, 11) is 0. The lowest BCUT2D eigenvalue weighted by atomic mass is 10.0. The molecule has 0 aliphatic heterocycles. The predicted molar refractivity (Wildman–Crippen MR) is 221 cm³/mol. The van der Waals surface area contributed by atoms with Crippen LogP contribution in [0, 0.1) is 0 Å². The summed E-state index contributed by atoms with van der Waals surface area (Å²) in [6.07, 6.45) is 0. The Morgan fingerprint density at radius 1 is 0.385 bits per heavy atom. The molecule has 0 amide bonds. The molecular formula is C48H30N2OS. The molecule has 0 unspecified atom stereocenters. The minimum atomic E-state index is 0.869. The Morgan fingerprint density at radius 3 is 1.79 bits per heavy atom. The van der Waals surface area contributed by atoms with Crippen molar-refractivity contribution in [3.8, 4) is 16.8 Å². The number of furan rings is 1. The standard InChI is InChI=1S/C48H30N2OS/c1-3-11-33(12-4-1)49(36-22-26-42-41-16-8-10-18-47(41)52-48(42)30-36)35-21-25-40-39-24-20-32(28-45(39)51-46(40)29-35)31-19-23-38-37-15-7-9-17-43(37)50(44(38)27-31)34-13-5-2-6-14-34/h1-30H. The van der Waals surface area contributed by atoms with Gasteiger partial charge in [0.1, 0.15) is 11.2 Å². The van der Waals surface area contributed by atoms with Crippen LogP contribution in [0.4, 0.5) is 17.1 Å². The van der Waals surface area contributed by atoms with Crippen molar-refractivity contribution in [3.05, 3.63) is 182 Å². The second kappa shape index (κ2) is 11.5. The van der Waals surface area contributed by atoms with Gasteiger partial charge in [-0.1, -0.05) is 97.1 Å². The van der Waals surface area contributed by atoms with Gasteiger partial charge in [-0.05, 0) is 90.0 Å². The smallest absolute Gasteiger partial charge is 0.137 e. The number of fused-ring (bicyclic) bond motifs is 9. The van der Waals surface area contributed by atoms with Gasteiger partial charge in [0.05, 0.1) is 11.0 Å². The Kier molecular flexibility index (Phi) is 6.42. The molecule has 3 nitrogen and oxygen atoms in total. The highest BCUT2D eigenvalue weighted by atomic mass is 32.1. The molecule has 244 valence electrons. The van der Waals surface area contributed by atoms with E-state index in [-0.39, 0.29) is 0 Å². The molecule has 0 radical (unpaired) electrons. The molecular weight excluding hydrogens is 653 g/mol. The maximum atomic E-state index is 6.69. The van der Waals surface area contributed by atoms with Crippen LogP contribution in [-0.2, 0) is 0 Å². The quantitative estimate of drug-likeness (QED) is 0.180. The maximum absolute atomic E-state index is 6.69. The van der Waals surface area contributed by atoms with Gasteiger partial charge in [-0.15, -0.1) is 11.3 Å². The molecule has 0 N–H and O–H groups in total. The average molecular weight is 683 g/mol. The van der Waals surface area contributed by atoms with Crippen LogP contribution in [0.2, 0.25) is 0 Å². The topological polar surface area (TPSA) is 21.3 Å². The van der Waals surface area contributed by atoms with Crippen LogP contribution in [0.1, 0.15) is 0 Å². The number of benzene rings is 8. The van der Waals surface area contributed by atoms with E-state index in [9.17, 15) is 0 Å². The third-order valence-electron chi connectivity index (χ3n) is 10.4. The van der Waals surface area contributed by atoms with E-state index in [1.807, 2.05) is 11.3 Å². The second-order valence-electron chi connectivity index (χ2n) is 13.4. The summed E-state index contributed by atoms with van der Waals surface area (Å²) >= 11 is 1.84. The molecule has 0 spiro atoms. The molecule has 8 aromatic carbocycles. The van der Waals surface area contributed by atoms with E-state index >= 15 is 0 Å². The van der Waals surface area contributed by atoms with Gasteiger partial charge in [-0.3, -0.25) is 0 Å². The summed E-state index contributed by atoms with van der Waals surface area (Å²) in [6.45, 7) is 0. The van der Waals surface area contributed by atoms with Crippen molar-refractivity contribution in [2.45, 2.75) is 0 Å². The van der Waals surface area contributed by atoms with E-state index < -0.39 is 0 Å². The number of hydrogen-bond acceptors (Lipinski definition) is 3. The van der Waals surface area contributed by atoms with Crippen LogP contribution in [0.25, 0.3) is 80.7 Å². The van der Waals surface area contributed by atoms with Crippen molar-refractivity contribution in [1.29, 1.82) is 0 Å². The molecule has 3 heterocycles. The molecule has 0 fully saturated rings. The molecule has 11 aromatic rings. The zero-order valence-electron chi connectivity index (χ0n) is 28.0. The van der Waals surface area contributed by atoms with Crippen LogP contribution in [0.15, 0.2) is 186 Å². The lowest BCUT2D eigenvalue weighted by Gasteiger charge is -2.25. The number of hydrogen-bond donors (Lipinski definition) is 0. The molecule has 0 aliphatic rings. The number of anilines is 3. The zero-order valence-corrected chi connectivity index (χ0v) is 28.8. The van der Waals surface area contributed by atoms with Gasteiger partial charge in [0.25, 0.3) is 0 Å². The van der Waals surface area contributed by atoms with Crippen molar-refractivity contribution < 1.29 is 4.42 Å². The summed E-state index contributed by atoms with van der Waals surface area (Å²) < 4.78 is 11.6. The van der Waals surface area contributed by atoms with Crippen molar-refractivity contribution in [1.82, 2.24) is 4.57 Å². The minimum Gasteiger partial charge on any atom is -0.456 e. The highest BCUT2D eigenvalue weighted by Gasteiger charge is 2.18. The largest absolute Gasteiger partial charge is 0.456 e. The van der Waals surface area contributed by atoms with E-state index in [1.54, 1.807) is 0 Å². The van der Waals surface area contributed by atoms with Gasteiger partial charge in [-0.25, -0.2) is 0 Å². The van der Waals surface area contributed by atoms with E-state index in [2.05, 4.69) is 191 Å². The first-order valence-electron chi connectivity index (χ1n) is 17.6. The van der Waals surface area contributed by atoms with E-state index in [4.69, 9.17) is 4.42 Å². The van der Waals surface area contributed by atoms with Crippen LogP contribution in [0.5, 0.6) is 0 Å². The van der Waals surface area contributed by atoms with Crippen LogP contribution >= 0.6 is 11.3 Å². The summed E-state index contributed by atoms with van der Waals surface area (Å²) in [5.41, 5.74) is 10.9. The van der Waals surface area contributed by atoms with Crippen molar-refractivity contribution in [2.24, 2.45) is 0 Å². The molecule has 4 heteroatoms. The summed E-state index contributed by atoms with van der Waals surface area (Å²) in [5, 5.41) is 7.32. The number of nitrogens with zero attached hydrogens (tertiary/aromatic N) is 2. The normalized spacial score (nSPS) is 11.8. The fourth-order valence-electron chi connectivity index (χ4n) is 7.97. The number of rotatable bonds is 5. The van der Waals surface area contributed by atoms with Crippen molar-refractivity contribution in [2.75, 3.05) is 4.90 Å². The molecule has 52 heavy (non-hydrogen) atoms. The lowest BCUT2D eigenvalue weighted by Crippen LogP contribution is -2.09. The average Bonchev–Trinajstić information content (AvgIpc) is 3.87. The Labute approximate surface area is 303 Å². The number of thiophene rings is 1. The Balaban J connectivity index is 1.03. The summed E-state index contributed by atoms with van der Waals surface area (Å²) in [4.78, 5) is 2.32. The Morgan fingerprint density at radius 2 is 0.962 bits per heavy atom. The van der Waals surface area contributed by atoms with Gasteiger partial charge in [0.15, 0.2) is 0 Å². The van der Waals surface area contributed by atoms with Crippen LogP contribution in [0.3, 0.4) is 0 Å². The molecule has 3 aromatic heterocycles. The van der Waals surface area contributed by atoms with Gasteiger partial charge < -0.3 is 13.9 Å². The molecule has 0 saturated carbocycles. The third-order valence-corrected chi connectivity index (χ3v) is 11.5. The predicted octanol–water partition coefficient (Wildman–Crippen LogP) is 14.2. The lowest BCUT2D eigenvalue weighted by molar-refractivity contribution is 0.669. The molecule has 11 rings (SSSR count). The van der Waals surface area contributed by atoms with Gasteiger partial charge >= 0.3 is 0 Å². The first-order chi connectivity index (χ1) is 25.8. The first-order valence-corrected chi connectivity index (χ1v) is 18.4. The minimum absolute atomic E-state index is 0.869. The van der Waals surface area contributed by atoms with Gasteiger partial charge in [0, 0.05) is 70.5 Å². The van der Waals surface area contributed by atoms with E-state index in [1.165, 1.54) is 42.0 Å². The Hall–Kier alpha value is -6.62. The highest BCUT2D eigenvalue weighted by Crippen LogP contribution is 2.43. The maximum Gasteiger partial charge on any atom is 0.137 e. The monoisotopic (exact) mass is 682 g/mol. The van der Waals surface area contributed by atoms with Gasteiger partial charge in [0.2, 0.25) is 0 Å². The molecule has 0 bridgehead atoms. The summed E-state index contributed by atoms with van der Waals surface area (Å²) in [6, 6.07) is 65.4. The Bertz CT molecular complexity index is 3130. The fraction of sp³-hybridized carbons (Fsp3) is 0. The van der Waals surface area contributed by atoms with Crippen molar-refractivity contribution in [3.63, 3.8) is 0 Å². The second-order valence-corrected chi connectivity index (χ2v) is 14.4. The number of para-hydroxylation sites is 3. The molecule has 0 aliphatic carbocycles. The van der Waals surface area contributed by atoms with Crippen LogP contribution < -0.4 is 4.90 Å². The van der Waals surface area contributed by atoms with E-state index in [0.717, 1.165) is 55.8 Å². The SMILES string of the molecule is c1ccc(N(c2ccc3c(c2)oc2cc(-c4ccc5c6ccccc6n(-c6ccccc6)c5c4)ccc23)c2ccc3c(c2)sc2ccccc23)cc1. The van der Waals surface area contributed by atoms with Crippen molar-refractivity contribution >= 4 is 92.3 Å².